The average molecular weight is 409 g/mol. The van der Waals surface area contributed by atoms with E-state index in [0.717, 1.165) is 0 Å². The zero-order valence-electron chi connectivity index (χ0n) is 12.5. The van der Waals surface area contributed by atoms with Gasteiger partial charge in [-0.05, 0) is 12.1 Å². The standard InChI is InChI=1S/C14H11ClF2N2O4S2/c15-8-4-10(17)9(16)3-7(8)13(22)23-5-11(20)18-1-2-19-12(21)6-25-14(19)24/h3-4H,1-2,5-6H2,(H,18,20). The monoisotopic (exact) mass is 408 g/mol. The van der Waals surface area contributed by atoms with Crippen molar-refractivity contribution in [1.29, 1.82) is 0 Å². The molecule has 2 rings (SSSR count). The molecule has 1 aromatic carbocycles. The number of hydrogen-bond acceptors (Lipinski definition) is 6. The fraction of sp³-hybridized carbons (Fsp3) is 0.286. The third-order valence-corrected chi connectivity index (χ3v) is 4.81. The number of ether oxygens (including phenoxy) is 1. The molecular formula is C14H11ClF2N2O4S2. The molecule has 1 aliphatic heterocycles. The molecule has 0 bridgehead atoms. The van der Waals surface area contributed by atoms with Crippen LogP contribution in [0.2, 0.25) is 5.02 Å². The van der Waals surface area contributed by atoms with E-state index >= 15 is 0 Å². The summed E-state index contributed by atoms with van der Waals surface area (Å²) in [6.07, 6.45) is 0. The molecule has 2 amide bonds. The van der Waals surface area contributed by atoms with Crippen LogP contribution in [0.25, 0.3) is 0 Å². The van der Waals surface area contributed by atoms with Crippen molar-refractivity contribution >= 4 is 57.7 Å². The summed E-state index contributed by atoms with van der Waals surface area (Å²) in [6.45, 7) is -0.310. The Bertz CT molecular complexity index is 732. The molecule has 0 saturated carbocycles. The van der Waals surface area contributed by atoms with Gasteiger partial charge >= 0.3 is 5.97 Å². The Hall–Kier alpha value is -1.78. The van der Waals surface area contributed by atoms with Crippen LogP contribution in [0.1, 0.15) is 10.4 Å². The highest BCUT2D eigenvalue weighted by atomic mass is 35.5. The van der Waals surface area contributed by atoms with Crippen LogP contribution in [0.3, 0.4) is 0 Å². The fourth-order valence-electron chi connectivity index (χ4n) is 1.84. The van der Waals surface area contributed by atoms with E-state index in [2.05, 4.69) is 5.32 Å². The van der Waals surface area contributed by atoms with Gasteiger partial charge in [0, 0.05) is 13.1 Å². The Morgan fingerprint density at radius 2 is 2.04 bits per heavy atom. The van der Waals surface area contributed by atoms with Gasteiger partial charge in [-0.3, -0.25) is 14.5 Å². The number of nitrogens with one attached hydrogen (secondary N) is 1. The van der Waals surface area contributed by atoms with E-state index in [1.807, 2.05) is 0 Å². The van der Waals surface area contributed by atoms with Crippen molar-refractivity contribution in [1.82, 2.24) is 10.2 Å². The van der Waals surface area contributed by atoms with Gasteiger partial charge in [0.1, 0.15) is 4.32 Å². The Balaban J connectivity index is 1.78. The molecule has 0 atom stereocenters. The number of carbonyl (C=O) groups excluding carboxylic acids is 3. The van der Waals surface area contributed by atoms with Gasteiger partial charge in [-0.15, -0.1) is 0 Å². The molecular weight excluding hydrogens is 398 g/mol. The van der Waals surface area contributed by atoms with E-state index in [9.17, 15) is 23.2 Å². The maximum absolute atomic E-state index is 13.1. The van der Waals surface area contributed by atoms with Crippen LogP contribution >= 0.6 is 35.6 Å². The van der Waals surface area contributed by atoms with E-state index in [1.54, 1.807) is 0 Å². The topological polar surface area (TPSA) is 75.7 Å². The van der Waals surface area contributed by atoms with Gasteiger partial charge in [-0.2, -0.15) is 0 Å². The van der Waals surface area contributed by atoms with Crippen molar-refractivity contribution < 1.29 is 27.9 Å². The first-order chi connectivity index (χ1) is 11.8. The van der Waals surface area contributed by atoms with Crippen LogP contribution in [0.15, 0.2) is 12.1 Å². The van der Waals surface area contributed by atoms with Crippen LogP contribution in [0.5, 0.6) is 0 Å². The lowest BCUT2D eigenvalue weighted by Gasteiger charge is -2.15. The fourth-order valence-corrected chi connectivity index (χ4v) is 3.19. The van der Waals surface area contributed by atoms with Crippen molar-refractivity contribution in [2.75, 3.05) is 25.4 Å². The van der Waals surface area contributed by atoms with E-state index in [4.69, 9.17) is 28.6 Å². The molecule has 11 heteroatoms. The maximum atomic E-state index is 13.1. The first-order valence-corrected chi connectivity index (χ1v) is 8.62. The summed E-state index contributed by atoms with van der Waals surface area (Å²) in [7, 11) is 0. The first kappa shape index (κ1) is 19.5. The van der Waals surface area contributed by atoms with Gasteiger partial charge in [-0.1, -0.05) is 35.6 Å². The predicted molar refractivity (Wildman–Crippen MR) is 91.4 cm³/mol. The van der Waals surface area contributed by atoms with Crippen molar-refractivity contribution in [3.63, 3.8) is 0 Å². The van der Waals surface area contributed by atoms with E-state index in [0.29, 0.717) is 16.5 Å². The zero-order valence-corrected chi connectivity index (χ0v) is 14.9. The van der Waals surface area contributed by atoms with Gasteiger partial charge in [-0.25, -0.2) is 13.6 Å². The largest absolute Gasteiger partial charge is 0.452 e. The minimum Gasteiger partial charge on any atom is -0.452 e. The molecule has 0 aromatic heterocycles. The van der Waals surface area contributed by atoms with E-state index in [-0.39, 0.29) is 29.8 Å². The van der Waals surface area contributed by atoms with Gasteiger partial charge in [0.25, 0.3) is 5.91 Å². The molecule has 0 spiro atoms. The van der Waals surface area contributed by atoms with Crippen molar-refractivity contribution in [3.8, 4) is 0 Å². The van der Waals surface area contributed by atoms with Crippen LogP contribution in [-0.4, -0.2) is 52.5 Å². The highest BCUT2D eigenvalue weighted by molar-refractivity contribution is 8.23. The van der Waals surface area contributed by atoms with E-state index < -0.39 is 35.7 Å². The number of carbonyl (C=O) groups is 3. The van der Waals surface area contributed by atoms with Crippen molar-refractivity contribution in [2.24, 2.45) is 0 Å². The first-order valence-electron chi connectivity index (χ1n) is 6.85. The van der Waals surface area contributed by atoms with Gasteiger partial charge in [0.2, 0.25) is 5.91 Å². The summed E-state index contributed by atoms with van der Waals surface area (Å²) in [5.41, 5.74) is -0.390. The molecule has 1 aliphatic rings. The molecule has 0 aliphatic carbocycles. The smallest absolute Gasteiger partial charge is 0.340 e. The second kappa shape index (κ2) is 8.54. The number of halogens is 3. The maximum Gasteiger partial charge on any atom is 0.340 e. The lowest BCUT2D eigenvalue weighted by atomic mass is 10.2. The third-order valence-electron chi connectivity index (χ3n) is 3.06. The SMILES string of the molecule is O=C(COC(=O)c1cc(F)c(F)cc1Cl)NCCN1C(=O)CSC1=S. The van der Waals surface area contributed by atoms with Gasteiger partial charge in [0.15, 0.2) is 18.2 Å². The molecule has 1 heterocycles. The Labute approximate surface area is 155 Å². The molecule has 1 fully saturated rings. The summed E-state index contributed by atoms with van der Waals surface area (Å²) in [5, 5.41) is 2.12. The molecule has 0 unspecified atom stereocenters. The average Bonchev–Trinajstić information content (AvgIpc) is 2.87. The quantitative estimate of drug-likeness (QED) is 0.439. The Morgan fingerprint density at radius 3 is 2.68 bits per heavy atom. The molecule has 1 aromatic rings. The number of esters is 1. The lowest BCUT2D eigenvalue weighted by Crippen LogP contribution is -2.38. The number of thiocarbonyl (C=S) groups is 1. The molecule has 6 nitrogen and oxygen atoms in total. The lowest BCUT2D eigenvalue weighted by molar-refractivity contribution is -0.126. The summed E-state index contributed by atoms with van der Waals surface area (Å²) in [5.74, 6) is -4.01. The summed E-state index contributed by atoms with van der Waals surface area (Å²) >= 11 is 11.9. The van der Waals surface area contributed by atoms with Crippen molar-refractivity contribution in [3.05, 3.63) is 34.4 Å². The Morgan fingerprint density at radius 1 is 1.36 bits per heavy atom. The number of amides is 2. The summed E-state index contributed by atoms with van der Waals surface area (Å²) in [6, 6.07) is 1.23. The summed E-state index contributed by atoms with van der Waals surface area (Å²) < 4.78 is 31.2. The van der Waals surface area contributed by atoms with Gasteiger partial charge in [0.05, 0.1) is 16.3 Å². The third kappa shape index (κ3) is 5.10. The molecule has 1 saturated heterocycles. The normalized spacial score (nSPS) is 14.0. The highest BCUT2D eigenvalue weighted by Gasteiger charge is 2.26. The van der Waals surface area contributed by atoms with Gasteiger partial charge < -0.3 is 10.1 Å². The van der Waals surface area contributed by atoms with E-state index in [1.165, 1.54) is 16.7 Å². The highest BCUT2D eigenvalue weighted by Crippen LogP contribution is 2.21. The predicted octanol–water partition coefficient (Wildman–Crippen LogP) is 1.75. The number of thioether (sulfide) groups is 1. The zero-order chi connectivity index (χ0) is 18.6. The molecule has 25 heavy (non-hydrogen) atoms. The second-order valence-corrected chi connectivity index (χ2v) is 6.79. The number of rotatable bonds is 6. The minimum absolute atomic E-state index is 0.120. The molecule has 1 N–H and O–H groups in total. The number of nitrogens with zero attached hydrogens (tertiary/aromatic N) is 1. The second-order valence-electron chi connectivity index (χ2n) is 4.77. The Kier molecular flexibility index (Phi) is 6.68. The number of hydrogen-bond donors (Lipinski definition) is 1. The summed E-state index contributed by atoms with van der Waals surface area (Å²) in [4.78, 5) is 36.2. The molecule has 134 valence electrons. The minimum atomic E-state index is -1.26. The van der Waals surface area contributed by atoms with Crippen LogP contribution in [0.4, 0.5) is 8.78 Å². The van der Waals surface area contributed by atoms with Crippen molar-refractivity contribution in [2.45, 2.75) is 0 Å². The number of benzene rings is 1. The van der Waals surface area contributed by atoms with Crippen LogP contribution < -0.4 is 5.32 Å². The van der Waals surface area contributed by atoms with Crippen LogP contribution in [0, 0.1) is 11.6 Å². The van der Waals surface area contributed by atoms with Crippen LogP contribution in [-0.2, 0) is 14.3 Å². The molecule has 0 radical (unpaired) electrons.